The van der Waals surface area contributed by atoms with Crippen LogP contribution in [0.25, 0.3) is 0 Å². The van der Waals surface area contributed by atoms with Crippen molar-refractivity contribution < 1.29 is 9.59 Å². The fraction of sp³-hybridized carbons (Fsp3) is 0.368. The average molecular weight is 455 g/mol. The maximum absolute atomic E-state index is 12.9. The van der Waals surface area contributed by atoms with Crippen molar-refractivity contribution in [2.24, 2.45) is 0 Å². The molecule has 0 fully saturated rings. The summed E-state index contributed by atoms with van der Waals surface area (Å²) >= 11 is 6.71. The van der Waals surface area contributed by atoms with Gasteiger partial charge < -0.3 is 10.2 Å². The summed E-state index contributed by atoms with van der Waals surface area (Å²) in [5.74, 6) is 0.535. The Morgan fingerprint density at radius 3 is 2.69 bits per heavy atom. The lowest BCUT2D eigenvalue weighted by Crippen LogP contribution is -2.47. The number of amides is 2. The Kier molecular flexibility index (Phi) is 8.18. The number of nitrogens with zero attached hydrogens (tertiary/aromatic N) is 1. The van der Waals surface area contributed by atoms with Crippen LogP contribution in [0.15, 0.2) is 40.2 Å². The molecule has 4 nitrogen and oxygen atoms in total. The van der Waals surface area contributed by atoms with E-state index >= 15 is 0 Å². The van der Waals surface area contributed by atoms with Crippen LogP contribution in [0.4, 0.5) is 0 Å². The predicted octanol–water partition coefficient (Wildman–Crippen LogP) is 4.33. The van der Waals surface area contributed by atoms with Crippen molar-refractivity contribution in [2.75, 3.05) is 19.1 Å². The second kappa shape index (κ2) is 10.1. The molecule has 0 aliphatic rings. The molecule has 26 heavy (non-hydrogen) atoms. The Labute approximate surface area is 171 Å². The molecule has 0 bridgehead atoms. The molecular formula is C19H23BrN2O2S2. The van der Waals surface area contributed by atoms with Crippen LogP contribution in [0.5, 0.6) is 0 Å². The third-order valence-corrected chi connectivity index (χ3v) is 6.14. The lowest BCUT2D eigenvalue weighted by atomic mass is 10.1. The number of likely N-dealkylation sites (N-methyl/N-ethyl adjacent to an activating group) is 1. The SMILES string of the molecule is CSCCC(NC(=O)c1cccc(C)c1)C(=O)N(C)Cc1ccc(Br)s1. The normalized spacial score (nSPS) is 11.8. The summed E-state index contributed by atoms with van der Waals surface area (Å²) in [6, 6.07) is 10.8. The molecule has 0 saturated heterocycles. The molecule has 1 aromatic carbocycles. The zero-order chi connectivity index (χ0) is 19.1. The van der Waals surface area contributed by atoms with Gasteiger partial charge in [-0.05, 0) is 65.5 Å². The topological polar surface area (TPSA) is 49.4 Å². The molecular weight excluding hydrogens is 432 g/mol. The maximum atomic E-state index is 12.9. The van der Waals surface area contributed by atoms with Crippen molar-refractivity contribution in [1.82, 2.24) is 10.2 Å². The number of rotatable bonds is 8. The highest BCUT2D eigenvalue weighted by Crippen LogP contribution is 2.23. The number of aryl methyl sites for hydroxylation is 1. The van der Waals surface area contributed by atoms with Crippen LogP contribution < -0.4 is 5.32 Å². The van der Waals surface area contributed by atoms with Gasteiger partial charge in [0.25, 0.3) is 5.91 Å². The average Bonchev–Trinajstić information content (AvgIpc) is 3.02. The number of benzene rings is 1. The summed E-state index contributed by atoms with van der Waals surface area (Å²) in [5.41, 5.74) is 1.60. The maximum Gasteiger partial charge on any atom is 0.251 e. The van der Waals surface area contributed by atoms with E-state index in [4.69, 9.17) is 0 Å². The Bertz CT molecular complexity index is 764. The number of thioether (sulfide) groups is 1. The van der Waals surface area contributed by atoms with Crippen LogP contribution in [-0.4, -0.2) is 41.8 Å². The van der Waals surface area contributed by atoms with Crippen molar-refractivity contribution in [3.05, 3.63) is 56.2 Å². The molecule has 0 radical (unpaired) electrons. The first-order valence-electron chi connectivity index (χ1n) is 8.26. The molecule has 7 heteroatoms. The Hall–Kier alpha value is -1.31. The van der Waals surface area contributed by atoms with Crippen LogP contribution in [0.1, 0.15) is 27.2 Å². The Balaban J connectivity index is 2.06. The van der Waals surface area contributed by atoms with Crippen molar-refractivity contribution >= 4 is 50.8 Å². The second-order valence-corrected chi connectivity index (χ2v) is 9.61. The molecule has 1 atom stereocenters. The minimum absolute atomic E-state index is 0.0652. The monoisotopic (exact) mass is 454 g/mol. The summed E-state index contributed by atoms with van der Waals surface area (Å²) in [5, 5.41) is 2.92. The summed E-state index contributed by atoms with van der Waals surface area (Å²) < 4.78 is 1.04. The van der Waals surface area contributed by atoms with Gasteiger partial charge in [0.1, 0.15) is 6.04 Å². The van der Waals surface area contributed by atoms with Crippen molar-refractivity contribution in [3.8, 4) is 0 Å². The van der Waals surface area contributed by atoms with Crippen LogP contribution in [-0.2, 0) is 11.3 Å². The number of carbonyl (C=O) groups is 2. The van der Waals surface area contributed by atoms with Crippen LogP contribution >= 0.6 is 39.0 Å². The van der Waals surface area contributed by atoms with E-state index < -0.39 is 6.04 Å². The summed E-state index contributed by atoms with van der Waals surface area (Å²) in [6.07, 6.45) is 2.60. The third kappa shape index (κ3) is 6.14. The molecule has 0 aliphatic carbocycles. The number of thiophene rings is 1. The number of nitrogens with one attached hydrogen (secondary N) is 1. The molecule has 2 rings (SSSR count). The zero-order valence-corrected chi connectivity index (χ0v) is 18.3. The molecule has 1 heterocycles. The van der Waals surface area contributed by atoms with Crippen molar-refractivity contribution in [3.63, 3.8) is 0 Å². The van der Waals surface area contributed by atoms with Gasteiger partial charge in [-0.1, -0.05) is 17.7 Å². The van der Waals surface area contributed by atoms with E-state index in [1.54, 1.807) is 41.1 Å². The minimum Gasteiger partial charge on any atom is -0.340 e. The number of halogens is 1. The molecule has 0 spiro atoms. The number of hydrogen-bond donors (Lipinski definition) is 1. The molecule has 1 N–H and O–H groups in total. The van der Waals surface area contributed by atoms with E-state index in [9.17, 15) is 9.59 Å². The molecule has 1 unspecified atom stereocenters. The Morgan fingerprint density at radius 1 is 1.31 bits per heavy atom. The highest BCUT2D eigenvalue weighted by Gasteiger charge is 2.24. The third-order valence-electron chi connectivity index (χ3n) is 3.89. The molecule has 2 aromatic rings. The van der Waals surface area contributed by atoms with Crippen LogP contribution in [0, 0.1) is 6.92 Å². The van der Waals surface area contributed by atoms with Gasteiger partial charge in [0.2, 0.25) is 5.91 Å². The quantitative estimate of drug-likeness (QED) is 0.645. The molecule has 140 valence electrons. The van der Waals surface area contributed by atoms with Gasteiger partial charge in [0.05, 0.1) is 10.3 Å². The molecule has 2 amide bonds. The van der Waals surface area contributed by atoms with E-state index in [-0.39, 0.29) is 11.8 Å². The fourth-order valence-electron chi connectivity index (χ4n) is 2.54. The number of hydrogen-bond acceptors (Lipinski definition) is 4. The van der Waals surface area contributed by atoms with Crippen molar-refractivity contribution in [1.29, 1.82) is 0 Å². The smallest absolute Gasteiger partial charge is 0.251 e. The summed E-state index contributed by atoms with van der Waals surface area (Å²) in [7, 11) is 1.78. The molecule has 1 aromatic heterocycles. The van der Waals surface area contributed by atoms with Gasteiger partial charge in [-0.2, -0.15) is 11.8 Å². The molecule has 0 saturated carbocycles. The fourth-order valence-corrected chi connectivity index (χ4v) is 4.54. The largest absolute Gasteiger partial charge is 0.340 e. The van der Waals surface area contributed by atoms with Gasteiger partial charge in [-0.15, -0.1) is 11.3 Å². The first kappa shape index (κ1) is 21.0. The van der Waals surface area contributed by atoms with Gasteiger partial charge in [-0.3, -0.25) is 9.59 Å². The highest BCUT2D eigenvalue weighted by molar-refractivity contribution is 9.11. The predicted molar refractivity (Wildman–Crippen MR) is 114 cm³/mol. The standard InChI is InChI=1S/C19H23BrN2O2S2/c1-13-5-4-6-14(11-13)18(23)21-16(9-10-25-3)19(24)22(2)12-15-7-8-17(20)26-15/h4-8,11,16H,9-10,12H2,1-3H3,(H,21,23). The first-order chi connectivity index (χ1) is 12.4. The zero-order valence-electron chi connectivity index (χ0n) is 15.1. The minimum atomic E-state index is -0.524. The highest BCUT2D eigenvalue weighted by atomic mass is 79.9. The lowest BCUT2D eigenvalue weighted by Gasteiger charge is -2.24. The number of carbonyl (C=O) groups excluding carboxylic acids is 2. The Morgan fingerprint density at radius 2 is 2.08 bits per heavy atom. The van der Waals surface area contributed by atoms with Gasteiger partial charge in [-0.25, -0.2) is 0 Å². The van der Waals surface area contributed by atoms with Gasteiger partial charge >= 0.3 is 0 Å². The second-order valence-electron chi connectivity index (χ2n) is 6.08. The lowest BCUT2D eigenvalue weighted by molar-refractivity contribution is -0.132. The summed E-state index contributed by atoms with van der Waals surface area (Å²) in [4.78, 5) is 28.2. The van der Waals surface area contributed by atoms with Gasteiger partial charge in [0, 0.05) is 17.5 Å². The molecule has 0 aliphatic heterocycles. The van der Waals surface area contributed by atoms with Gasteiger partial charge in [0.15, 0.2) is 0 Å². The van der Waals surface area contributed by atoms with Crippen LogP contribution in [0.2, 0.25) is 0 Å². The van der Waals surface area contributed by atoms with E-state index in [0.29, 0.717) is 18.5 Å². The van der Waals surface area contributed by atoms with E-state index in [1.807, 2.05) is 43.5 Å². The van der Waals surface area contributed by atoms with Crippen LogP contribution in [0.3, 0.4) is 0 Å². The van der Waals surface area contributed by atoms with E-state index in [1.165, 1.54) is 0 Å². The first-order valence-corrected chi connectivity index (χ1v) is 11.3. The van der Waals surface area contributed by atoms with Crippen molar-refractivity contribution in [2.45, 2.75) is 25.9 Å². The van der Waals surface area contributed by atoms with E-state index in [0.717, 1.165) is 20.0 Å². The summed E-state index contributed by atoms with van der Waals surface area (Å²) in [6.45, 7) is 2.48. The van der Waals surface area contributed by atoms with E-state index in [2.05, 4.69) is 21.2 Å².